The van der Waals surface area contributed by atoms with Crippen LogP contribution in [0.3, 0.4) is 0 Å². The maximum atomic E-state index is 13.3. The van der Waals surface area contributed by atoms with Crippen LogP contribution in [0.4, 0.5) is 10.1 Å². The molecule has 3 heteroatoms. The standard InChI is InChI=1S/C17H27FN2/c1-6-7-15-9-14(8-12(4)18)10-16(11(2)3)17(15)20-13(5)19/h9-12,20H,5-8,19H2,1-4H3. The van der Waals surface area contributed by atoms with Gasteiger partial charge in [-0.1, -0.05) is 45.9 Å². The van der Waals surface area contributed by atoms with Gasteiger partial charge in [-0.2, -0.15) is 0 Å². The summed E-state index contributed by atoms with van der Waals surface area (Å²) >= 11 is 0. The second-order valence-electron chi connectivity index (χ2n) is 5.76. The van der Waals surface area contributed by atoms with E-state index in [9.17, 15) is 4.39 Å². The Morgan fingerprint density at radius 1 is 1.35 bits per heavy atom. The van der Waals surface area contributed by atoms with E-state index in [0.717, 1.165) is 24.1 Å². The Balaban J connectivity index is 3.33. The maximum absolute atomic E-state index is 13.3. The summed E-state index contributed by atoms with van der Waals surface area (Å²) in [6.07, 6.45) is 1.62. The molecule has 0 fully saturated rings. The largest absolute Gasteiger partial charge is 0.386 e. The number of nitrogens with two attached hydrogens (primary N) is 1. The van der Waals surface area contributed by atoms with Crippen molar-refractivity contribution < 1.29 is 4.39 Å². The van der Waals surface area contributed by atoms with Crippen molar-refractivity contribution in [3.8, 4) is 0 Å². The molecule has 0 saturated carbocycles. The van der Waals surface area contributed by atoms with Crippen molar-refractivity contribution in [2.75, 3.05) is 5.32 Å². The summed E-state index contributed by atoms with van der Waals surface area (Å²) in [4.78, 5) is 0. The van der Waals surface area contributed by atoms with Crippen molar-refractivity contribution in [2.45, 2.75) is 59.0 Å². The molecule has 1 atom stereocenters. The van der Waals surface area contributed by atoms with Crippen LogP contribution in [0, 0.1) is 0 Å². The number of rotatable bonds is 7. The molecule has 0 aliphatic rings. The van der Waals surface area contributed by atoms with Crippen molar-refractivity contribution in [1.82, 2.24) is 0 Å². The van der Waals surface area contributed by atoms with Crippen LogP contribution in [-0.4, -0.2) is 6.17 Å². The van der Waals surface area contributed by atoms with Crippen molar-refractivity contribution >= 4 is 5.69 Å². The van der Waals surface area contributed by atoms with Crippen LogP contribution in [0.1, 0.15) is 56.7 Å². The van der Waals surface area contributed by atoms with Gasteiger partial charge in [0.15, 0.2) is 0 Å². The zero-order valence-electron chi connectivity index (χ0n) is 13.1. The van der Waals surface area contributed by atoms with Crippen LogP contribution >= 0.6 is 0 Å². The van der Waals surface area contributed by atoms with E-state index in [2.05, 4.69) is 44.8 Å². The first-order valence-electron chi connectivity index (χ1n) is 7.36. The lowest BCUT2D eigenvalue weighted by molar-refractivity contribution is 0.360. The Morgan fingerprint density at radius 2 is 2.00 bits per heavy atom. The second kappa shape index (κ2) is 7.32. The molecule has 1 aromatic carbocycles. The first-order chi connectivity index (χ1) is 9.35. The zero-order valence-corrected chi connectivity index (χ0v) is 13.1. The summed E-state index contributed by atoms with van der Waals surface area (Å²) in [6, 6.07) is 4.18. The number of anilines is 1. The molecular weight excluding hydrogens is 251 g/mol. The van der Waals surface area contributed by atoms with E-state index in [1.807, 2.05) is 0 Å². The molecular formula is C17H27FN2. The van der Waals surface area contributed by atoms with Crippen molar-refractivity contribution in [3.63, 3.8) is 0 Å². The number of hydrogen-bond acceptors (Lipinski definition) is 2. The van der Waals surface area contributed by atoms with Gasteiger partial charge >= 0.3 is 0 Å². The van der Waals surface area contributed by atoms with Gasteiger partial charge in [-0.15, -0.1) is 0 Å². The van der Waals surface area contributed by atoms with Gasteiger partial charge < -0.3 is 11.1 Å². The lowest BCUT2D eigenvalue weighted by Crippen LogP contribution is -2.13. The summed E-state index contributed by atoms with van der Waals surface area (Å²) in [5, 5.41) is 3.18. The van der Waals surface area contributed by atoms with Crippen LogP contribution in [0.15, 0.2) is 24.5 Å². The normalized spacial score (nSPS) is 12.5. The monoisotopic (exact) mass is 278 g/mol. The number of benzene rings is 1. The Bertz CT molecular complexity index is 464. The zero-order chi connectivity index (χ0) is 15.3. The highest BCUT2D eigenvalue weighted by atomic mass is 19.1. The van der Waals surface area contributed by atoms with Gasteiger partial charge in [0.1, 0.15) is 6.17 Å². The van der Waals surface area contributed by atoms with Crippen LogP contribution in [0.2, 0.25) is 0 Å². The Morgan fingerprint density at radius 3 is 2.45 bits per heavy atom. The highest BCUT2D eigenvalue weighted by molar-refractivity contribution is 5.62. The predicted octanol–water partition coefficient (Wildman–Crippen LogP) is 4.50. The number of aryl methyl sites for hydroxylation is 1. The first-order valence-corrected chi connectivity index (χ1v) is 7.36. The topological polar surface area (TPSA) is 38.0 Å². The molecule has 2 nitrogen and oxygen atoms in total. The molecule has 3 N–H and O–H groups in total. The van der Waals surface area contributed by atoms with Gasteiger partial charge in [0.05, 0.1) is 5.82 Å². The molecule has 0 spiro atoms. The number of alkyl halides is 1. The summed E-state index contributed by atoms with van der Waals surface area (Å²) < 4.78 is 13.3. The van der Waals surface area contributed by atoms with E-state index >= 15 is 0 Å². The van der Waals surface area contributed by atoms with E-state index in [4.69, 9.17) is 5.73 Å². The minimum absolute atomic E-state index is 0.349. The molecule has 0 saturated heterocycles. The van der Waals surface area contributed by atoms with E-state index < -0.39 is 6.17 Å². The lowest BCUT2D eigenvalue weighted by atomic mass is 9.91. The molecule has 112 valence electrons. The molecule has 1 rings (SSSR count). The fourth-order valence-electron chi connectivity index (χ4n) is 2.47. The van der Waals surface area contributed by atoms with Gasteiger partial charge in [-0.05, 0) is 36.0 Å². The molecule has 20 heavy (non-hydrogen) atoms. The number of hydrogen-bond donors (Lipinski definition) is 2. The summed E-state index contributed by atoms with van der Waals surface area (Å²) in [7, 11) is 0. The third kappa shape index (κ3) is 4.55. The minimum Gasteiger partial charge on any atom is -0.386 e. The van der Waals surface area contributed by atoms with Gasteiger partial charge in [-0.25, -0.2) is 4.39 Å². The Kier molecular flexibility index (Phi) is 6.05. The van der Waals surface area contributed by atoms with E-state index in [1.165, 1.54) is 11.1 Å². The molecule has 0 bridgehead atoms. The van der Waals surface area contributed by atoms with Crippen molar-refractivity contribution in [1.29, 1.82) is 0 Å². The fourth-order valence-corrected chi connectivity index (χ4v) is 2.47. The molecule has 0 radical (unpaired) electrons. The van der Waals surface area contributed by atoms with Crippen LogP contribution in [0.25, 0.3) is 0 Å². The highest BCUT2D eigenvalue weighted by Gasteiger charge is 2.14. The molecule has 1 unspecified atom stereocenters. The van der Waals surface area contributed by atoms with Crippen molar-refractivity contribution in [3.05, 3.63) is 41.2 Å². The Hall–Kier alpha value is -1.51. The fraction of sp³-hybridized carbons (Fsp3) is 0.529. The van der Waals surface area contributed by atoms with E-state index in [-0.39, 0.29) is 0 Å². The van der Waals surface area contributed by atoms with E-state index in [0.29, 0.717) is 18.2 Å². The maximum Gasteiger partial charge on any atom is 0.101 e. The first kappa shape index (κ1) is 16.5. The highest BCUT2D eigenvalue weighted by Crippen LogP contribution is 2.31. The van der Waals surface area contributed by atoms with Gasteiger partial charge in [-0.3, -0.25) is 0 Å². The van der Waals surface area contributed by atoms with Gasteiger partial charge in [0, 0.05) is 12.1 Å². The summed E-state index contributed by atoms with van der Waals surface area (Å²) in [6.45, 7) is 11.7. The third-order valence-electron chi connectivity index (χ3n) is 3.25. The molecule has 0 amide bonds. The minimum atomic E-state index is -0.826. The molecule has 0 heterocycles. The van der Waals surface area contributed by atoms with Crippen molar-refractivity contribution in [2.24, 2.45) is 5.73 Å². The number of nitrogens with one attached hydrogen (secondary N) is 1. The predicted molar refractivity (Wildman–Crippen MR) is 85.8 cm³/mol. The van der Waals surface area contributed by atoms with Crippen LogP contribution in [-0.2, 0) is 12.8 Å². The average molecular weight is 278 g/mol. The molecule has 0 aliphatic carbocycles. The Labute approximate surface area is 122 Å². The SMILES string of the molecule is C=C(N)Nc1c(CCC)cc(CC(C)F)cc1C(C)C. The second-order valence-corrected chi connectivity index (χ2v) is 5.76. The van der Waals surface area contributed by atoms with Gasteiger partial charge in [0.25, 0.3) is 0 Å². The third-order valence-corrected chi connectivity index (χ3v) is 3.25. The summed E-state index contributed by atoms with van der Waals surface area (Å²) in [5.74, 6) is 0.790. The van der Waals surface area contributed by atoms with E-state index in [1.54, 1.807) is 6.92 Å². The molecule has 1 aromatic rings. The molecule has 0 aliphatic heterocycles. The van der Waals surface area contributed by atoms with Gasteiger partial charge in [0.2, 0.25) is 0 Å². The van der Waals surface area contributed by atoms with Crippen LogP contribution < -0.4 is 11.1 Å². The quantitative estimate of drug-likeness (QED) is 0.770. The smallest absolute Gasteiger partial charge is 0.101 e. The lowest BCUT2D eigenvalue weighted by Gasteiger charge is -2.21. The average Bonchev–Trinajstić information content (AvgIpc) is 2.30. The van der Waals surface area contributed by atoms with Crippen LogP contribution in [0.5, 0.6) is 0 Å². The molecule has 0 aromatic heterocycles. The summed E-state index contributed by atoms with van der Waals surface area (Å²) in [5.41, 5.74) is 10.2. The number of halogens is 1.